The van der Waals surface area contributed by atoms with Crippen molar-refractivity contribution in [2.24, 2.45) is 5.73 Å². The molecule has 106 valence electrons. The van der Waals surface area contributed by atoms with Crippen LogP contribution < -0.4 is 5.73 Å². The van der Waals surface area contributed by atoms with Gasteiger partial charge in [0.2, 0.25) is 0 Å². The zero-order chi connectivity index (χ0) is 13.7. The van der Waals surface area contributed by atoms with Crippen LogP contribution in [0.15, 0.2) is 24.3 Å². The van der Waals surface area contributed by atoms with Gasteiger partial charge in [0.15, 0.2) is 0 Å². The highest BCUT2D eigenvalue weighted by atomic mass is 35.5. The third-order valence-corrected chi connectivity index (χ3v) is 4.60. The topological polar surface area (TPSA) is 29.3 Å². The lowest BCUT2D eigenvalue weighted by Crippen LogP contribution is -2.40. The van der Waals surface area contributed by atoms with E-state index >= 15 is 0 Å². The molecule has 0 aliphatic carbocycles. The second-order valence-electron chi connectivity index (χ2n) is 5.51. The van der Waals surface area contributed by atoms with E-state index in [-0.39, 0.29) is 6.04 Å². The van der Waals surface area contributed by atoms with Crippen LogP contribution in [-0.4, -0.2) is 24.0 Å². The van der Waals surface area contributed by atoms with Gasteiger partial charge in [-0.05, 0) is 43.9 Å². The van der Waals surface area contributed by atoms with Gasteiger partial charge in [-0.25, -0.2) is 0 Å². The van der Waals surface area contributed by atoms with E-state index in [1.54, 1.807) is 0 Å². The molecule has 2 N–H and O–H groups in total. The first kappa shape index (κ1) is 14.8. The third kappa shape index (κ3) is 3.95. The molecule has 3 heteroatoms. The van der Waals surface area contributed by atoms with Crippen LogP contribution >= 0.6 is 11.6 Å². The van der Waals surface area contributed by atoms with E-state index in [4.69, 9.17) is 17.3 Å². The summed E-state index contributed by atoms with van der Waals surface area (Å²) in [5.74, 6) is 0. The monoisotopic (exact) mass is 280 g/mol. The van der Waals surface area contributed by atoms with Gasteiger partial charge in [0, 0.05) is 23.7 Å². The van der Waals surface area contributed by atoms with Crippen LogP contribution in [0, 0.1) is 0 Å². The Morgan fingerprint density at radius 2 is 2.16 bits per heavy atom. The number of halogens is 1. The zero-order valence-electron chi connectivity index (χ0n) is 11.8. The predicted octanol–water partition coefficient (Wildman–Crippen LogP) is 3.99. The molecule has 1 aromatic rings. The minimum Gasteiger partial charge on any atom is -0.324 e. The van der Waals surface area contributed by atoms with Crippen molar-refractivity contribution in [3.05, 3.63) is 34.9 Å². The number of piperidine rings is 1. The summed E-state index contributed by atoms with van der Waals surface area (Å²) in [6.07, 6.45) is 6.29. The lowest BCUT2D eigenvalue weighted by atomic mass is 9.98. The first-order chi connectivity index (χ1) is 9.22. The molecule has 0 saturated carbocycles. The zero-order valence-corrected chi connectivity index (χ0v) is 12.6. The van der Waals surface area contributed by atoms with Crippen molar-refractivity contribution < 1.29 is 0 Å². The average Bonchev–Trinajstić information content (AvgIpc) is 2.45. The number of benzene rings is 1. The number of likely N-dealkylation sites (tertiary alicyclic amines) is 1. The van der Waals surface area contributed by atoms with E-state index in [0.717, 1.165) is 29.6 Å². The summed E-state index contributed by atoms with van der Waals surface area (Å²) < 4.78 is 0. The van der Waals surface area contributed by atoms with E-state index in [2.05, 4.69) is 11.8 Å². The second-order valence-corrected chi connectivity index (χ2v) is 5.92. The molecule has 1 heterocycles. The maximum Gasteiger partial charge on any atom is 0.0453 e. The Kier molecular flexibility index (Phi) is 5.68. The molecule has 2 unspecified atom stereocenters. The Bertz CT molecular complexity index is 394. The molecular weight excluding hydrogens is 256 g/mol. The van der Waals surface area contributed by atoms with Gasteiger partial charge in [-0.2, -0.15) is 0 Å². The summed E-state index contributed by atoms with van der Waals surface area (Å²) >= 11 is 6.20. The van der Waals surface area contributed by atoms with Crippen LogP contribution in [0.3, 0.4) is 0 Å². The lowest BCUT2D eigenvalue weighted by Gasteiger charge is -2.35. The molecule has 0 bridgehead atoms. The quantitative estimate of drug-likeness (QED) is 0.883. The SMILES string of the molecule is CCC1CCCCN1CCC(N)c1ccccc1Cl. The highest BCUT2D eigenvalue weighted by molar-refractivity contribution is 6.31. The fourth-order valence-electron chi connectivity index (χ4n) is 3.05. The summed E-state index contributed by atoms with van der Waals surface area (Å²) in [5, 5.41) is 0.792. The largest absolute Gasteiger partial charge is 0.324 e. The molecular formula is C16H25ClN2. The summed E-state index contributed by atoms with van der Waals surface area (Å²) in [6, 6.07) is 8.74. The fraction of sp³-hybridized carbons (Fsp3) is 0.625. The van der Waals surface area contributed by atoms with E-state index in [1.807, 2.05) is 24.3 Å². The molecule has 19 heavy (non-hydrogen) atoms. The van der Waals surface area contributed by atoms with Gasteiger partial charge >= 0.3 is 0 Å². The first-order valence-electron chi connectivity index (χ1n) is 7.46. The standard InChI is InChI=1S/C16H25ClN2/c1-2-13-7-5-6-11-19(13)12-10-16(18)14-8-3-4-9-15(14)17/h3-4,8-9,13,16H,2,5-7,10-12,18H2,1H3. The number of nitrogens with two attached hydrogens (primary N) is 1. The number of hydrogen-bond acceptors (Lipinski definition) is 2. The molecule has 1 aliphatic heterocycles. The van der Waals surface area contributed by atoms with Crippen molar-refractivity contribution in [3.63, 3.8) is 0 Å². The van der Waals surface area contributed by atoms with E-state index in [0.29, 0.717) is 0 Å². The van der Waals surface area contributed by atoms with Crippen LogP contribution in [0.4, 0.5) is 0 Å². The van der Waals surface area contributed by atoms with Crippen molar-refractivity contribution >= 4 is 11.6 Å². The average molecular weight is 281 g/mol. The number of rotatable bonds is 5. The molecule has 2 atom stereocenters. The van der Waals surface area contributed by atoms with Gasteiger partial charge in [-0.1, -0.05) is 43.1 Å². The van der Waals surface area contributed by atoms with Gasteiger partial charge in [-0.3, -0.25) is 0 Å². The van der Waals surface area contributed by atoms with Crippen LogP contribution in [0.25, 0.3) is 0 Å². The maximum absolute atomic E-state index is 6.29. The van der Waals surface area contributed by atoms with Gasteiger partial charge < -0.3 is 10.6 Å². The molecule has 0 amide bonds. The molecule has 0 spiro atoms. The van der Waals surface area contributed by atoms with Gasteiger partial charge in [-0.15, -0.1) is 0 Å². The lowest BCUT2D eigenvalue weighted by molar-refractivity contribution is 0.139. The Balaban J connectivity index is 1.89. The fourth-order valence-corrected chi connectivity index (χ4v) is 3.33. The van der Waals surface area contributed by atoms with Crippen molar-refractivity contribution in [3.8, 4) is 0 Å². The van der Waals surface area contributed by atoms with E-state index in [9.17, 15) is 0 Å². The second kappa shape index (κ2) is 7.28. The van der Waals surface area contributed by atoms with Crippen LogP contribution in [0.1, 0.15) is 50.6 Å². The van der Waals surface area contributed by atoms with Crippen molar-refractivity contribution in [2.45, 2.75) is 51.1 Å². The highest BCUT2D eigenvalue weighted by Crippen LogP contribution is 2.25. The minimum atomic E-state index is 0.0492. The van der Waals surface area contributed by atoms with Crippen LogP contribution in [0.5, 0.6) is 0 Å². The van der Waals surface area contributed by atoms with E-state index in [1.165, 1.54) is 32.2 Å². The molecule has 1 aliphatic rings. The van der Waals surface area contributed by atoms with Crippen molar-refractivity contribution in [1.29, 1.82) is 0 Å². The molecule has 1 fully saturated rings. The van der Waals surface area contributed by atoms with Crippen molar-refractivity contribution in [1.82, 2.24) is 4.90 Å². The first-order valence-corrected chi connectivity index (χ1v) is 7.84. The molecule has 1 saturated heterocycles. The Labute approximate surface area is 121 Å². The Hall–Kier alpha value is -0.570. The van der Waals surface area contributed by atoms with Gasteiger partial charge in [0.1, 0.15) is 0 Å². The predicted molar refractivity (Wildman–Crippen MR) is 82.5 cm³/mol. The van der Waals surface area contributed by atoms with Gasteiger partial charge in [0.25, 0.3) is 0 Å². The Morgan fingerprint density at radius 3 is 2.89 bits per heavy atom. The summed E-state index contributed by atoms with van der Waals surface area (Å²) in [4.78, 5) is 2.61. The summed E-state index contributed by atoms with van der Waals surface area (Å²) in [7, 11) is 0. The maximum atomic E-state index is 6.29. The van der Waals surface area contributed by atoms with Crippen LogP contribution in [0.2, 0.25) is 5.02 Å². The molecule has 2 rings (SSSR count). The highest BCUT2D eigenvalue weighted by Gasteiger charge is 2.21. The third-order valence-electron chi connectivity index (χ3n) is 4.25. The van der Waals surface area contributed by atoms with Gasteiger partial charge in [0.05, 0.1) is 0 Å². The molecule has 0 aromatic heterocycles. The van der Waals surface area contributed by atoms with Crippen molar-refractivity contribution in [2.75, 3.05) is 13.1 Å². The molecule has 2 nitrogen and oxygen atoms in total. The minimum absolute atomic E-state index is 0.0492. The Morgan fingerprint density at radius 1 is 1.37 bits per heavy atom. The smallest absolute Gasteiger partial charge is 0.0453 e. The van der Waals surface area contributed by atoms with E-state index < -0.39 is 0 Å². The van der Waals surface area contributed by atoms with Crippen LogP contribution in [-0.2, 0) is 0 Å². The summed E-state index contributed by atoms with van der Waals surface area (Å²) in [6.45, 7) is 4.61. The summed E-state index contributed by atoms with van der Waals surface area (Å²) in [5.41, 5.74) is 7.37. The molecule has 1 aromatic carbocycles. The number of nitrogens with zero attached hydrogens (tertiary/aromatic N) is 1. The number of hydrogen-bond donors (Lipinski definition) is 1. The normalized spacial score (nSPS) is 22.4. The molecule has 0 radical (unpaired) electrons.